The number of nitrogens with one attached hydrogen (secondary N) is 2. The summed E-state index contributed by atoms with van der Waals surface area (Å²) in [7, 11) is 3.31. The van der Waals surface area contributed by atoms with E-state index >= 15 is 0 Å². The Hall–Kier alpha value is -2.08. The number of carbonyl (C=O) groups excluding carboxylic acids is 2. The third-order valence-corrected chi connectivity index (χ3v) is 2.57. The molecule has 1 rings (SSSR count). The molecule has 0 unspecified atom stereocenters. The highest BCUT2D eigenvalue weighted by molar-refractivity contribution is 5.92. The molecular weight excluding hydrogens is 258 g/mol. The maximum atomic E-state index is 11.8. The Bertz CT molecular complexity index is 445. The molecule has 110 valence electrons. The molecule has 20 heavy (non-hydrogen) atoms. The van der Waals surface area contributed by atoms with Crippen molar-refractivity contribution >= 4 is 17.5 Å². The molecule has 0 saturated heterocycles. The van der Waals surface area contributed by atoms with Gasteiger partial charge in [-0.15, -0.1) is 0 Å². The standard InChI is InChI=1S/C14H21N3O3/c1-4-15-13(18)9-17(2)10-14(19)16-11-5-7-12(20-3)8-6-11/h5-8H,4,9-10H2,1-3H3,(H,15,18)(H,16,19). The summed E-state index contributed by atoms with van der Waals surface area (Å²) in [6.07, 6.45) is 0. The molecule has 6 nitrogen and oxygen atoms in total. The first-order valence-corrected chi connectivity index (χ1v) is 6.44. The average molecular weight is 279 g/mol. The summed E-state index contributed by atoms with van der Waals surface area (Å²) in [4.78, 5) is 24.8. The van der Waals surface area contributed by atoms with Gasteiger partial charge >= 0.3 is 0 Å². The van der Waals surface area contributed by atoms with Crippen LogP contribution in [0.4, 0.5) is 5.69 Å². The number of hydrogen-bond donors (Lipinski definition) is 2. The molecule has 0 spiro atoms. The van der Waals surface area contributed by atoms with Gasteiger partial charge in [-0.3, -0.25) is 14.5 Å². The smallest absolute Gasteiger partial charge is 0.238 e. The van der Waals surface area contributed by atoms with E-state index in [0.29, 0.717) is 12.2 Å². The molecule has 0 bridgehead atoms. The van der Waals surface area contributed by atoms with Gasteiger partial charge in [-0.05, 0) is 38.2 Å². The van der Waals surface area contributed by atoms with E-state index in [2.05, 4.69) is 10.6 Å². The van der Waals surface area contributed by atoms with E-state index in [9.17, 15) is 9.59 Å². The van der Waals surface area contributed by atoms with Crippen LogP contribution in [0, 0.1) is 0 Å². The molecule has 0 saturated carbocycles. The number of methoxy groups -OCH3 is 1. The monoisotopic (exact) mass is 279 g/mol. The summed E-state index contributed by atoms with van der Waals surface area (Å²) in [5.74, 6) is 0.477. The molecule has 1 aromatic carbocycles. The van der Waals surface area contributed by atoms with E-state index in [4.69, 9.17) is 4.74 Å². The predicted octanol–water partition coefficient (Wildman–Crippen LogP) is 0.702. The summed E-state index contributed by atoms with van der Waals surface area (Å²) in [5.41, 5.74) is 0.696. The summed E-state index contributed by atoms with van der Waals surface area (Å²) in [5, 5.41) is 5.45. The third kappa shape index (κ3) is 5.71. The topological polar surface area (TPSA) is 70.7 Å². The lowest BCUT2D eigenvalue weighted by Gasteiger charge is -2.15. The summed E-state index contributed by atoms with van der Waals surface area (Å²) in [6, 6.07) is 7.07. The highest BCUT2D eigenvalue weighted by Crippen LogP contribution is 2.14. The minimum Gasteiger partial charge on any atom is -0.497 e. The van der Waals surface area contributed by atoms with Crippen molar-refractivity contribution < 1.29 is 14.3 Å². The van der Waals surface area contributed by atoms with Crippen molar-refractivity contribution in [2.75, 3.05) is 39.1 Å². The summed E-state index contributed by atoms with van der Waals surface area (Å²) >= 11 is 0. The Balaban J connectivity index is 2.40. The Morgan fingerprint density at radius 1 is 1.15 bits per heavy atom. The fourth-order valence-corrected chi connectivity index (χ4v) is 1.67. The fraction of sp³-hybridized carbons (Fsp3) is 0.429. The van der Waals surface area contributed by atoms with E-state index in [1.165, 1.54) is 0 Å². The van der Waals surface area contributed by atoms with Crippen LogP contribution in [-0.4, -0.2) is 50.5 Å². The first-order chi connectivity index (χ1) is 9.55. The van der Waals surface area contributed by atoms with Crippen LogP contribution in [0.1, 0.15) is 6.92 Å². The van der Waals surface area contributed by atoms with E-state index < -0.39 is 0 Å². The maximum absolute atomic E-state index is 11.8. The van der Waals surface area contributed by atoms with Gasteiger partial charge in [0.1, 0.15) is 5.75 Å². The molecule has 0 aliphatic heterocycles. The third-order valence-electron chi connectivity index (χ3n) is 2.57. The molecule has 0 radical (unpaired) electrons. The first kappa shape index (κ1) is 16.0. The van der Waals surface area contributed by atoms with Gasteiger partial charge in [0.15, 0.2) is 0 Å². The maximum Gasteiger partial charge on any atom is 0.238 e. The Morgan fingerprint density at radius 2 is 1.75 bits per heavy atom. The molecular formula is C14H21N3O3. The van der Waals surface area contributed by atoms with Crippen molar-refractivity contribution in [3.05, 3.63) is 24.3 Å². The summed E-state index contributed by atoms with van der Waals surface area (Å²) < 4.78 is 5.04. The Kier molecular flexibility index (Phi) is 6.52. The van der Waals surface area contributed by atoms with Crippen LogP contribution in [-0.2, 0) is 9.59 Å². The number of nitrogens with zero attached hydrogens (tertiary/aromatic N) is 1. The fourth-order valence-electron chi connectivity index (χ4n) is 1.67. The number of amides is 2. The van der Waals surface area contributed by atoms with Gasteiger partial charge in [0.05, 0.1) is 20.2 Å². The van der Waals surface area contributed by atoms with E-state index in [0.717, 1.165) is 5.75 Å². The average Bonchev–Trinajstić information content (AvgIpc) is 2.39. The van der Waals surface area contributed by atoms with Crippen molar-refractivity contribution in [3.63, 3.8) is 0 Å². The lowest BCUT2D eigenvalue weighted by molar-refractivity contribution is -0.122. The van der Waals surface area contributed by atoms with Crippen molar-refractivity contribution in [2.24, 2.45) is 0 Å². The zero-order valence-corrected chi connectivity index (χ0v) is 12.1. The molecule has 1 aromatic rings. The van der Waals surface area contributed by atoms with Gasteiger partial charge in [-0.2, -0.15) is 0 Å². The number of likely N-dealkylation sites (N-methyl/N-ethyl adjacent to an activating group) is 2. The van der Waals surface area contributed by atoms with Gasteiger partial charge in [-0.25, -0.2) is 0 Å². The van der Waals surface area contributed by atoms with Crippen LogP contribution < -0.4 is 15.4 Å². The molecule has 0 fully saturated rings. The lowest BCUT2D eigenvalue weighted by Crippen LogP contribution is -2.38. The number of carbonyl (C=O) groups is 2. The van der Waals surface area contributed by atoms with Crippen LogP contribution >= 0.6 is 0 Å². The van der Waals surface area contributed by atoms with E-state index in [-0.39, 0.29) is 24.9 Å². The number of rotatable bonds is 7. The van der Waals surface area contributed by atoms with Crippen LogP contribution in [0.5, 0.6) is 5.75 Å². The first-order valence-electron chi connectivity index (χ1n) is 6.44. The van der Waals surface area contributed by atoms with Crippen molar-refractivity contribution in [1.29, 1.82) is 0 Å². The Labute approximate surface area is 119 Å². The van der Waals surface area contributed by atoms with Crippen molar-refractivity contribution in [1.82, 2.24) is 10.2 Å². The zero-order valence-electron chi connectivity index (χ0n) is 12.1. The molecule has 2 N–H and O–H groups in total. The second-order valence-corrected chi connectivity index (χ2v) is 4.40. The number of anilines is 1. The minimum absolute atomic E-state index is 0.0905. The predicted molar refractivity (Wildman–Crippen MR) is 77.8 cm³/mol. The van der Waals surface area contributed by atoms with Crippen LogP contribution in [0.25, 0.3) is 0 Å². The van der Waals surface area contributed by atoms with Gasteiger partial charge in [0.25, 0.3) is 0 Å². The minimum atomic E-state index is -0.165. The second-order valence-electron chi connectivity index (χ2n) is 4.40. The van der Waals surface area contributed by atoms with E-state index in [1.807, 2.05) is 6.92 Å². The molecule has 0 aromatic heterocycles. The Morgan fingerprint density at radius 3 is 2.30 bits per heavy atom. The van der Waals surface area contributed by atoms with Gasteiger partial charge < -0.3 is 15.4 Å². The largest absolute Gasteiger partial charge is 0.497 e. The van der Waals surface area contributed by atoms with Gasteiger partial charge in [0, 0.05) is 12.2 Å². The SMILES string of the molecule is CCNC(=O)CN(C)CC(=O)Nc1ccc(OC)cc1. The molecule has 0 atom stereocenters. The quantitative estimate of drug-likeness (QED) is 0.771. The number of hydrogen-bond acceptors (Lipinski definition) is 4. The van der Waals surface area contributed by atoms with E-state index in [1.54, 1.807) is 43.3 Å². The molecule has 0 aliphatic carbocycles. The van der Waals surface area contributed by atoms with Gasteiger partial charge in [0.2, 0.25) is 11.8 Å². The van der Waals surface area contributed by atoms with Crippen molar-refractivity contribution in [3.8, 4) is 5.75 Å². The highest BCUT2D eigenvalue weighted by atomic mass is 16.5. The van der Waals surface area contributed by atoms with Crippen LogP contribution in [0.2, 0.25) is 0 Å². The highest BCUT2D eigenvalue weighted by Gasteiger charge is 2.10. The lowest BCUT2D eigenvalue weighted by atomic mass is 10.3. The molecule has 0 heterocycles. The summed E-state index contributed by atoms with van der Waals surface area (Å²) in [6.45, 7) is 2.80. The van der Waals surface area contributed by atoms with Crippen molar-refractivity contribution in [2.45, 2.75) is 6.92 Å². The second kappa shape index (κ2) is 8.16. The number of ether oxygens (including phenoxy) is 1. The van der Waals surface area contributed by atoms with Gasteiger partial charge in [-0.1, -0.05) is 0 Å². The molecule has 2 amide bonds. The normalized spacial score (nSPS) is 10.2. The molecule has 0 aliphatic rings. The number of benzene rings is 1. The van der Waals surface area contributed by atoms with Crippen LogP contribution in [0.3, 0.4) is 0 Å². The zero-order chi connectivity index (χ0) is 15.0. The van der Waals surface area contributed by atoms with Crippen LogP contribution in [0.15, 0.2) is 24.3 Å². The molecule has 6 heteroatoms.